The number of nitrogens with zero attached hydrogens (tertiary/aromatic N) is 2. The van der Waals surface area contributed by atoms with Gasteiger partial charge in [-0.25, -0.2) is 4.68 Å². The quantitative estimate of drug-likeness (QED) is 0.626. The number of hydrogen-bond donors (Lipinski definition) is 2. The molecular weight excluding hydrogens is 216 g/mol. The van der Waals surface area contributed by atoms with Crippen LogP contribution >= 0.6 is 0 Å². The van der Waals surface area contributed by atoms with E-state index >= 15 is 0 Å². The highest BCUT2D eigenvalue weighted by Gasteiger charge is 2.07. The van der Waals surface area contributed by atoms with Crippen LogP contribution in [0.4, 0.5) is 0 Å². The predicted octanol–water partition coefficient (Wildman–Crippen LogP) is 2.44. The largest absolute Gasteiger partial charge is 0.508 e. The molecule has 4 heteroatoms. The van der Waals surface area contributed by atoms with E-state index < -0.39 is 0 Å². The lowest BCUT2D eigenvalue weighted by Crippen LogP contribution is -1.94. The fraction of sp³-hybridized carbons (Fsp3) is 0. The Labute approximate surface area is 97.4 Å². The van der Waals surface area contributed by atoms with E-state index in [2.05, 4.69) is 5.10 Å². The minimum absolute atomic E-state index is 0.0793. The SMILES string of the molecule is Oc1ccc(O)c(-n2cc3ccccc3n2)c1. The molecule has 0 saturated carbocycles. The molecule has 3 aromatic rings. The van der Waals surface area contributed by atoms with Gasteiger partial charge < -0.3 is 10.2 Å². The zero-order valence-corrected chi connectivity index (χ0v) is 8.91. The minimum atomic E-state index is 0.0793. The van der Waals surface area contributed by atoms with Crippen LogP contribution in [0.2, 0.25) is 0 Å². The van der Waals surface area contributed by atoms with Crippen LogP contribution in [0, 0.1) is 0 Å². The highest BCUT2D eigenvalue weighted by atomic mass is 16.3. The van der Waals surface area contributed by atoms with Crippen LogP contribution in [0.25, 0.3) is 16.6 Å². The van der Waals surface area contributed by atoms with Gasteiger partial charge in [-0.2, -0.15) is 5.10 Å². The number of fused-ring (bicyclic) bond motifs is 1. The molecule has 0 aliphatic heterocycles. The number of aromatic nitrogens is 2. The molecule has 0 aliphatic rings. The van der Waals surface area contributed by atoms with Gasteiger partial charge in [0, 0.05) is 17.6 Å². The highest BCUT2D eigenvalue weighted by molar-refractivity contribution is 5.78. The Hall–Kier alpha value is -2.49. The first kappa shape index (κ1) is 9.72. The number of aromatic hydroxyl groups is 2. The van der Waals surface area contributed by atoms with Crippen molar-refractivity contribution in [3.8, 4) is 17.2 Å². The van der Waals surface area contributed by atoms with Gasteiger partial charge in [0.2, 0.25) is 0 Å². The van der Waals surface area contributed by atoms with Crippen molar-refractivity contribution in [2.24, 2.45) is 0 Å². The molecule has 0 saturated heterocycles. The van der Waals surface area contributed by atoms with Crippen molar-refractivity contribution < 1.29 is 10.2 Å². The van der Waals surface area contributed by atoms with Crippen LogP contribution in [0.15, 0.2) is 48.7 Å². The number of rotatable bonds is 1. The van der Waals surface area contributed by atoms with Crippen molar-refractivity contribution in [2.75, 3.05) is 0 Å². The topological polar surface area (TPSA) is 58.3 Å². The molecule has 0 unspecified atom stereocenters. The average Bonchev–Trinajstić information content (AvgIpc) is 2.75. The number of hydrogen-bond acceptors (Lipinski definition) is 3. The second-order valence-corrected chi connectivity index (χ2v) is 3.81. The van der Waals surface area contributed by atoms with Crippen LogP contribution in [0.1, 0.15) is 0 Å². The Kier molecular flexibility index (Phi) is 2.01. The van der Waals surface area contributed by atoms with Gasteiger partial charge in [-0.15, -0.1) is 0 Å². The lowest BCUT2D eigenvalue weighted by atomic mass is 10.2. The molecule has 1 aromatic heterocycles. The van der Waals surface area contributed by atoms with Crippen LogP contribution in [-0.2, 0) is 0 Å². The van der Waals surface area contributed by atoms with Gasteiger partial charge >= 0.3 is 0 Å². The predicted molar refractivity (Wildman–Crippen MR) is 64.4 cm³/mol. The third-order valence-electron chi connectivity index (χ3n) is 2.62. The van der Waals surface area contributed by atoms with Crippen molar-refractivity contribution in [3.63, 3.8) is 0 Å². The Balaban J connectivity index is 2.23. The molecule has 0 bridgehead atoms. The summed E-state index contributed by atoms with van der Waals surface area (Å²) in [5, 5.41) is 24.5. The molecule has 17 heavy (non-hydrogen) atoms. The zero-order valence-electron chi connectivity index (χ0n) is 8.91. The number of phenols is 2. The fourth-order valence-electron chi connectivity index (χ4n) is 1.78. The molecule has 0 fully saturated rings. The lowest BCUT2D eigenvalue weighted by Gasteiger charge is -2.04. The average molecular weight is 226 g/mol. The van der Waals surface area contributed by atoms with Crippen LogP contribution in [-0.4, -0.2) is 20.0 Å². The Bertz CT molecular complexity index is 656. The van der Waals surface area contributed by atoms with E-state index in [1.807, 2.05) is 30.5 Å². The smallest absolute Gasteiger partial charge is 0.141 e. The summed E-state index contributed by atoms with van der Waals surface area (Å²) in [5.41, 5.74) is 1.30. The van der Waals surface area contributed by atoms with Gasteiger partial charge in [-0.05, 0) is 18.2 Å². The normalized spacial score (nSPS) is 10.8. The second kappa shape index (κ2) is 3.52. The van der Waals surface area contributed by atoms with Crippen LogP contribution in [0.5, 0.6) is 11.5 Å². The molecule has 2 aromatic carbocycles. The number of benzene rings is 2. The van der Waals surface area contributed by atoms with Gasteiger partial charge in [-0.3, -0.25) is 0 Å². The summed E-state index contributed by atoms with van der Waals surface area (Å²) in [4.78, 5) is 0. The molecule has 84 valence electrons. The Morgan fingerprint density at radius 3 is 2.65 bits per heavy atom. The first-order valence-corrected chi connectivity index (χ1v) is 5.21. The van der Waals surface area contributed by atoms with Crippen molar-refractivity contribution in [3.05, 3.63) is 48.7 Å². The third kappa shape index (κ3) is 1.59. The molecule has 0 spiro atoms. The molecule has 0 amide bonds. The summed E-state index contributed by atoms with van der Waals surface area (Å²) in [6.45, 7) is 0. The van der Waals surface area contributed by atoms with E-state index in [-0.39, 0.29) is 11.5 Å². The maximum Gasteiger partial charge on any atom is 0.141 e. The van der Waals surface area contributed by atoms with Crippen LogP contribution in [0.3, 0.4) is 0 Å². The van der Waals surface area contributed by atoms with Gasteiger partial charge in [0.25, 0.3) is 0 Å². The first-order chi connectivity index (χ1) is 8.24. The summed E-state index contributed by atoms with van der Waals surface area (Å²) in [6.07, 6.45) is 1.81. The summed E-state index contributed by atoms with van der Waals surface area (Å²) < 4.78 is 1.56. The van der Waals surface area contributed by atoms with Gasteiger partial charge in [0.1, 0.15) is 17.2 Å². The first-order valence-electron chi connectivity index (χ1n) is 5.21. The third-order valence-corrected chi connectivity index (χ3v) is 2.62. The van der Waals surface area contributed by atoms with Crippen LogP contribution < -0.4 is 0 Å². The Morgan fingerprint density at radius 2 is 1.82 bits per heavy atom. The zero-order chi connectivity index (χ0) is 11.8. The van der Waals surface area contributed by atoms with Gasteiger partial charge in [0.15, 0.2) is 0 Å². The number of phenolic OH excluding ortho intramolecular Hbond substituents is 2. The molecule has 2 N–H and O–H groups in total. The maximum absolute atomic E-state index is 9.74. The van der Waals surface area contributed by atoms with E-state index in [4.69, 9.17) is 0 Å². The van der Waals surface area contributed by atoms with E-state index in [0.29, 0.717) is 5.69 Å². The molecule has 4 nitrogen and oxygen atoms in total. The van der Waals surface area contributed by atoms with E-state index in [1.54, 1.807) is 4.68 Å². The Morgan fingerprint density at radius 1 is 1.00 bits per heavy atom. The van der Waals surface area contributed by atoms with Gasteiger partial charge in [0.05, 0.1) is 5.52 Å². The van der Waals surface area contributed by atoms with Crippen molar-refractivity contribution >= 4 is 10.9 Å². The highest BCUT2D eigenvalue weighted by Crippen LogP contribution is 2.26. The molecule has 3 rings (SSSR count). The fourth-order valence-corrected chi connectivity index (χ4v) is 1.78. The van der Waals surface area contributed by atoms with Crippen molar-refractivity contribution in [2.45, 2.75) is 0 Å². The molecule has 0 radical (unpaired) electrons. The minimum Gasteiger partial charge on any atom is -0.508 e. The van der Waals surface area contributed by atoms with E-state index in [1.165, 1.54) is 18.2 Å². The van der Waals surface area contributed by atoms with E-state index in [9.17, 15) is 10.2 Å². The molecule has 0 atom stereocenters. The van der Waals surface area contributed by atoms with Crippen molar-refractivity contribution in [1.29, 1.82) is 0 Å². The molecule has 0 aliphatic carbocycles. The van der Waals surface area contributed by atoms with E-state index in [0.717, 1.165) is 10.9 Å². The second-order valence-electron chi connectivity index (χ2n) is 3.81. The monoisotopic (exact) mass is 226 g/mol. The summed E-state index contributed by atoms with van der Waals surface area (Å²) >= 11 is 0. The summed E-state index contributed by atoms with van der Waals surface area (Å²) in [6, 6.07) is 12.0. The molecular formula is C13H10N2O2. The van der Waals surface area contributed by atoms with Crippen molar-refractivity contribution in [1.82, 2.24) is 9.78 Å². The van der Waals surface area contributed by atoms with Gasteiger partial charge in [-0.1, -0.05) is 18.2 Å². The maximum atomic E-state index is 9.74. The molecule has 1 heterocycles. The summed E-state index contributed by atoms with van der Waals surface area (Å²) in [7, 11) is 0. The standard InChI is InChI=1S/C13H10N2O2/c16-10-5-6-13(17)12(7-10)15-8-9-3-1-2-4-11(9)14-15/h1-8,16-17H. The lowest BCUT2D eigenvalue weighted by molar-refractivity contribution is 0.456. The summed E-state index contributed by atoms with van der Waals surface area (Å²) in [5.74, 6) is 0.174.